The zero-order chi connectivity index (χ0) is 12.6. The zero-order valence-electron chi connectivity index (χ0n) is 9.80. The first-order valence-corrected chi connectivity index (χ1v) is 5.56. The molecule has 2 N–H and O–H groups in total. The van der Waals surface area contributed by atoms with Crippen molar-refractivity contribution in [3.8, 4) is 0 Å². The second-order valence-corrected chi connectivity index (χ2v) is 4.37. The van der Waals surface area contributed by atoms with E-state index < -0.39 is 12.0 Å². The largest absolute Gasteiger partial charge is 0.480 e. The van der Waals surface area contributed by atoms with Gasteiger partial charge in [0.25, 0.3) is 5.91 Å². The van der Waals surface area contributed by atoms with Gasteiger partial charge in [0.2, 0.25) is 0 Å². The van der Waals surface area contributed by atoms with Crippen LogP contribution in [-0.2, 0) is 11.8 Å². The van der Waals surface area contributed by atoms with E-state index >= 15 is 0 Å². The van der Waals surface area contributed by atoms with Gasteiger partial charge in [-0.2, -0.15) is 5.10 Å². The van der Waals surface area contributed by atoms with Crippen molar-refractivity contribution >= 4 is 11.9 Å². The SMILES string of the molecule is C[C@@H](NC(=O)c1cnn(C)c1C1CC1)C(=O)O. The summed E-state index contributed by atoms with van der Waals surface area (Å²) >= 11 is 0. The van der Waals surface area contributed by atoms with Crippen LogP contribution in [-0.4, -0.2) is 32.8 Å². The number of nitrogens with one attached hydrogen (secondary N) is 1. The number of carboxylic acids is 1. The predicted octanol–water partition coefficient (Wildman–Crippen LogP) is 0.500. The Balaban J connectivity index is 2.16. The van der Waals surface area contributed by atoms with Gasteiger partial charge in [-0.15, -0.1) is 0 Å². The fourth-order valence-electron chi connectivity index (χ4n) is 1.80. The Morgan fingerprint density at radius 2 is 2.24 bits per heavy atom. The third-order valence-electron chi connectivity index (χ3n) is 2.91. The summed E-state index contributed by atoms with van der Waals surface area (Å²) in [4.78, 5) is 22.6. The highest BCUT2D eigenvalue weighted by Gasteiger charge is 2.32. The minimum Gasteiger partial charge on any atom is -0.480 e. The quantitative estimate of drug-likeness (QED) is 0.798. The molecule has 1 atom stereocenters. The van der Waals surface area contributed by atoms with Crippen LogP contribution < -0.4 is 5.32 Å². The molecular weight excluding hydrogens is 222 g/mol. The molecule has 0 saturated heterocycles. The molecule has 1 saturated carbocycles. The van der Waals surface area contributed by atoms with Crippen molar-refractivity contribution < 1.29 is 14.7 Å². The van der Waals surface area contributed by atoms with E-state index in [1.807, 2.05) is 0 Å². The molecule has 1 heterocycles. The van der Waals surface area contributed by atoms with Gasteiger partial charge >= 0.3 is 5.97 Å². The van der Waals surface area contributed by atoms with Crippen LogP contribution in [0.4, 0.5) is 0 Å². The Hall–Kier alpha value is -1.85. The molecule has 2 rings (SSSR count). The highest BCUT2D eigenvalue weighted by molar-refractivity contribution is 5.97. The van der Waals surface area contributed by atoms with E-state index in [1.54, 1.807) is 11.7 Å². The first-order chi connectivity index (χ1) is 8.00. The number of carbonyl (C=O) groups is 2. The predicted molar refractivity (Wildman–Crippen MR) is 59.7 cm³/mol. The van der Waals surface area contributed by atoms with Crippen molar-refractivity contribution in [3.05, 3.63) is 17.5 Å². The van der Waals surface area contributed by atoms with E-state index in [-0.39, 0.29) is 5.91 Å². The first kappa shape index (κ1) is 11.6. The van der Waals surface area contributed by atoms with Crippen LogP contribution in [0.3, 0.4) is 0 Å². The summed E-state index contributed by atoms with van der Waals surface area (Å²) in [5, 5.41) is 15.2. The van der Waals surface area contributed by atoms with E-state index in [4.69, 9.17) is 5.11 Å². The number of hydrogen-bond acceptors (Lipinski definition) is 3. The average molecular weight is 237 g/mol. The van der Waals surface area contributed by atoms with Crippen LogP contribution in [0.1, 0.15) is 41.7 Å². The highest BCUT2D eigenvalue weighted by Crippen LogP contribution is 2.41. The number of carbonyl (C=O) groups excluding carboxylic acids is 1. The maximum Gasteiger partial charge on any atom is 0.325 e. The zero-order valence-corrected chi connectivity index (χ0v) is 9.80. The van der Waals surface area contributed by atoms with Crippen molar-refractivity contribution in [3.63, 3.8) is 0 Å². The third-order valence-corrected chi connectivity index (χ3v) is 2.91. The lowest BCUT2D eigenvalue weighted by Gasteiger charge is -2.09. The van der Waals surface area contributed by atoms with E-state index in [0.717, 1.165) is 18.5 Å². The summed E-state index contributed by atoms with van der Waals surface area (Å²) in [5.74, 6) is -1.02. The molecule has 0 aromatic carbocycles. The molecule has 1 fully saturated rings. The van der Waals surface area contributed by atoms with Crippen LogP contribution in [0.15, 0.2) is 6.20 Å². The molecule has 17 heavy (non-hydrogen) atoms. The van der Waals surface area contributed by atoms with Crippen LogP contribution in [0.5, 0.6) is 0 Å². The van der Waals surface area contributed by atoms with Gasteiger partial charge in [0.15, 0.2) is 0 Å². The van der Waals surface area contributed by atoms with Gasteiger partial charge in [-0.25, -0.2) is 0 Å². The van der Waals surface area contributed by atoms with E-state index in [1.165, 1.54) is 13.1 Å². The number of aliphatic carboxylic acids is 1. The topological polar surface area (TPSA) is 84.2 Å². The molecule has 0 bridgehead atoms. The summed E-state index contributed by atoms with van der Waals surface area (Å²) in [7, 11) is 1.80. The Labute approximate surface area is 98.6 Å². The molecule has 0 unspecified atom stereocenters. The monoisotopic (exact) mass is 237 g/mol. The van der Waals surface area contributed by atoms with Gasteiger partial charge in [-0.3, -0.25) is 14.3 Å². The lowest BCUT2D eigenvalue weighted by atomic mass is 10.1. The van der Waals surface area contributed by atoms with Gasteiger partial charge in [-0.05, 0) is 19.8 Å². The molecule has 0 radical (unpaired) electrons. The summed E-state index contributed by atoms with van der Waals surface area (Å²) in [6.45, 7) is 1.44. The minimum atomic E-state index is -1.05. The maximum atomic E-state index is 11.9. The molecule has 6 heteroatoms. The standard InChI is InChI=1S/C11H15N3O3/c1-6(11(16)17)13-10(15)8-5-12-14(2)9(8)7-3-4-7/h5-7H,3-4H2,1-2H3,(H,13,15)(H,16,17)/t6-/m1/s1. The Morgan fingerprint density at radius 1 is 1.59 bits per heavy atom. The summed E-state index contributed by atoms with van der Waals surface area (Å²) in [6, 6.07) is -0.894. The van der Waals surface area contributed by atoms with Crippen molar-refractivity contribution in [1.29, 1.82) is 0 Å². The summed E-state index contributed by atoms with van der Waals surface area (Å²) in [5.41, 5.74) is 1.39. The molecule has 1 aromatic heterocycles. The van der Waals surface area contributed by atoms with Crippen molar-refractivity contribution in [2.75, 3.05) is 0 Å². The first-order valence-electron chi connectivity index (χ1n) is 5.56. The van der Waals surface area contributed by atoms with Crippen molar-refractivity contribution in [2.45, 2.75) is 31.7 Å². The minimum absolute atomic E-state index is 0.366. The van der Waals surface area contributed by atoms with Crippen molar-refractivity contribution in [2.24, 2.45) is 7.05 Å². The lowest BCUT2D eigenvalue weighted by Crippen LogP contribution is -2.38. The number of hydrogen-bond donors (Lipinski definition) is 2. The van der Waals surface area contributed by atoms with Gasteiger partial charge < -0.3 is 10.4 Å². The molecule has 0 spiro atoms. The van der Waals surface area contributed by atoms with Crippen LogP contribution in [0.25, 0.3) is 0 Å². The van der Waals surface area contributed by atoms with E-state index in [0.29, 0.717) is 11.5 Å². The molecule has 1 aliphatic rings. The van der Waals surface area contributed by atoms with Crippen LogP contribution >= 0.6 is 0 Å². The fraction of sp³-hybridized carbons (Fsp3) is 0.545. The number of aryl methyl sites for hydroxylation is 1. The number of carboxylic acid groups (broad SMARTS) is 1. The van der Waals surface area contributed by atoms with Crippen molar-refractivity contribution in [1.82, 2.24) is 15.1 Å². The molecule has 1 aromatic rings. The molecule has 6 nitrogen and oxygen atoms in total. The Bertz CT molecular complexity index is 463. The molecule has 0 aliphatic heterocycles. The average Bonchev–Trinajstić information content (AvgIpc) is 3.01. The smallest absolute Gasteiger partial charge is 0.325 e. The van der Waals surface area contributed by atoms with Gasteiger partial charge in [-0.1, -0.05) is 0 Å². The van der Waals surface area contributed by atoms with Crippen LogP contribution in [0.2, 0.25) is 0 Å². The third kappa shape index (κ3) is 2.30. The molecule has 92 valence electrons. The Kier molecular flexibility index (Phi) is 2.87. The maximum absolute atomic E-state index is 11.9. The fourth-order valence-corrected chi connectivity index (χ4v) is 1.80. The van der Waals surface area contributed by atoms with Gasteiger partial charge in [0.05, 0.1) is 17.5 Å². The highest BCUT2D eigenvalue weighted by atomic mass is 16.4. The summed E-state index contributed by atoms with van der Waals surface area (Å²) < 4.78 is 1.69. The molecule has 1 aliphatic carbocycles. The number of amides is 1. The molecular formula is C11H15N3O3. The Morgan fingerprint density at radius 3 is 2.76 bits per heavy atom. The number of aromatic nitrogens is 2. The lowest BCUT2D eigenvalue weighted by molar-refractivity contribution is -0.138. The second-order valence-electron chi connectivity index (χ2n) is 4.37. The number of nitrogens with zero attached hydrogens (tertiary/aromatic N) is 2. The normalized spacial score (nSPS) is 16.6. The van der Waals surface area contributed by atoms with Crippen LogP contribution in [0, 0.1) is 0 Å². The second kappa shape index (κ2) is 4.20. The van der Waals surface area contributed by atoms with Gasteiger partial charge in [0.1, 0.15) is 6.04 Å². The van der Waals surface area contributed by atoms with Gasteiger partial charge in [0, 0.05) is 13.0 Å². The number of rotatable bonds is 4. The van der Waals surface area contributed by atoms with E-state index in [2.05, 4.69) is 10.4 Å². The summed E-state index contributed by atoms with van der Waals surface area (Å²) in [6.07, 6.45) is 3.63. The van der Waals surface area contributed by atoms with E-state index in [9.17, 15) is 9.59 Å². The molecule has 1 amide bonds.